The Morgan fingerprint density at radius 3 is 2.30 bits per heavy atom. The van der Waals surface area contributed by atoms with Crippen LogP contribution in [0.25, 0.3) is 0 Å². The molecule has 0 aliphatic carbocycles. The highest BCUT2D eigenvalue weighted by Crippen LogP contribution is 2.20. The van der Waals surface area contributed by atoms with E-state index in [4.69, 9.17) is 23.2 Å². The highest BCUT2D eigenvalue weighted by atomic mass is 35.5. The lowest BCUT2D eigenvalue weighted by Gasteiger charge is -2.03. The second-order valence-electron chi connectivity index (χ2n) is 2.03. The van der Waals surface area contributed by atoms with E-state index < -0.39 is 0 Å². The van der Waals surface area contributed by atoms with Crippen LogP contribution in [0.1, 0.15) is 10.9 Å². The van der Waals surface area contributed by atoms with E-state index in [1.165, 1.54) is 0 Å². The van der Waals surface area contributed by atoms with Gasteiger partial charge in [0.15, 0.2) is 0 Å². The zero-order valence-corrected chi connectivity index (χ0v) is 6.94. The van der Waals surface area contributed by atoms with Crippen molar-refractivity contribution in [1.82, 2.24) is 0 Å². The molecule has 10 heavy (non-hydrogen) atoms. The monoisotopic (exact) mass is 174 g/mol. The highest BCUT2D eigenvalue weighted by molar-refractivity contribution is 6.28. The largest absolute Gasteiger partial charge is 0.125 e. The minimum absolute atomic E-state index is 0.0529. The van der Waals surface area contributed by atoms with E-state index in [1.54, 1.807) is 0 Å². The SMILES string of the molecule is ClC[C@@H](Cl)c1ccccc1. The van der Waals surface area contributed by atoms with Gasteiger partial charge in [0, 0.05) is 5.88 Å². The van der Waals surface area contributed by atoms with Crippen LogP contribution < -0.4 is 0 Å². The predicted octanol–water partition coefficient (Wildman–Crippen LogP) is 3.21. The highest BCUT2D eigenvalue weighted by Gasteiger charge is 2.02. The first kappa shape index (κ1) is 7.90. The zero-order valence-electron chi connectivity index (χ0n) is 5.43. The summed E-state index contributed by atoms with van der Waals surface area (Å²) in [5, 5.41) is -0.0529. The third-order valence-corrected chi connectivity index (χ3v) is 2.17. The molecule has 0 N–H and O–H groups in total. The second kappa shape index (κ2) is 3.85. The van der Waals surface area contributed by atoms with Gasteiger partial charge in [-0.2, -0.15) is 0 Å². The number of hydrogen-bond donors (Lipinski definition) is 0. The van der Waals surface area contributed by atoms with Gasteiger partial charge in [-0.15, -0.1) is 23.2 Å². The average molecular weight is 175 g/mol. The lowest BCUT2D eigenvalue weighted by molar-refractivity contribution is 1.09. The Labute approximate surface area is 70.8 Å². The van der Waals surface area contributed by atoms with Crippen LogP contribution in [0, 0.1) is 0 Å². The van der Waals surface area contributed by atoms with E-state index in [-0.39, 0.29) is 5.38 Å². The summed E-state index contributed by atoms with van der Waals surface area (Å²) in [6, 6.07) is 9.82. The molecule has 0 saturated carbocycles. The molecule has 0 radical (unpaired) electrons. The molecule has 1 atom stereocenters. The van der Waals surface area contributed by atoms with Gasteiger partial charge in [0.25, 0.3) is 0 Å². The topological polar surface area (TPSA) is 0 Å². The molecule has 0 amide bonds. The summed E-state index contributed by atoms with van der Waals surface area (Å²) in [4.78, 5) is 0. The number of benzene rings is 1. The van der Waals surface area contributed by atoms with Gasteiger partial charge < -0.3 is 0 Å². The smallest absolute Gasteiger partial charge is 0.0720 e. The molecule has 0 nitrogen and oxygen atoms in total. The lowest BCUT2D eigenvalue weighted by Crippen LogP contribution is -1.89. The van der Waals surface area contributed by atoms with Crippen molar-refractivity contribution in [3.63, 3.8) is 0 Å². The van der Waals surface area contributed by atoms with Gasteiger partial charge in [0.1, 0.15) is 0 Å². The van der Waals surface area contributed by atoms with Crippen LogP contribution in [-0.4, -0.2) is 5.88 Å². The van der Waals surface area contributed by atoms with E-state index in [0.29, 0.717) is 5.88 Å². The van der Waals surface area contributed by atoms with Crippen LogP contribution in [0.4, 0.5) is 0 Å². The third-order valence-electron chi connectivity index (χ3n) is 1.30. The lowest BCUT2D eigenvalue weighted by atomic mass is 10.2. The maximum Gasteiger partial charge on any atom is 0.0720 e. The fraction of sp³-hybridized carbons (Fsp3) is 0.250. The summed E-state index contributed by atoms with van der Waals surface area (Å²) in [5.74, 6) is 0.464. The molecule has 1 rings (SSSR count). The molecule has 0 bridgehead atoms. The molecule has 0 heterocycles. The molecule has 0 aliphatic rings. The Hall–Kier alpha value is -0.200. The molecular weight excluding hydrogens is 167 g/mol. The van der Waals surface area contributed by atoms with Gasteiger partial charge in [-0.3, -0.25) is 0 Å². The number of alkyl halides is 2. The predicted molar refractivity (Wildman–Crippen MR) is 45.8 cm³/mol. The van der Waals surface area contributed by atoms with Gasteiger partial charge in [-0.05, 0) is 5.56 Å². The van der Waals surface area contributed by atoms with E-state index in [9.17, 15) is 0 Å². The van der Waals surface area contributed by atoms with Crippen molar-refractivity contribution in [2.75, 3.05) is 5.88 Å². The van der Waals surface area contributed by atoms with E-state index >= 15 is 0 Å². The Morgan fingerprint density at radius 2 is 1.80 bits per heavy atom. The standard InChI is InChI=1S/C8H8Cl2/c9-6-8(10)7-4-2-1-3-5-7/h1-5,8H,6H2/t8-/m1/s1. The third kappa shape index (κ3) is 1.89. The summed E-state index contributed by atoms with van der Waals surface area (Å²) in [6.07, 6.45) is 0. The number of halogens is 2. The van der Waals surface area contributed by atoms with Crippen LogP contribution >= 0.6 is 23.2 Å². The first-order valence-electron chi connectivity index (χ1n) is 3.09. The first-order chi connectivity index (χ1) is 4.84. The van der Waals surface area contributed by atoms with Crippen molar-refractivity contribution in [3.8, 4) is 0 Å². The fourth-order valence-corrected chi connectivity index (χ4v) is 1.07. The van der Waals surface area contributed by atoms with Crippen molar-refractivity contribution < 1.29 is 0 Å². The van der Waals surface area contributed by atoms with Gasteiger partial charge in [0.2, 0.25) is 0 Å². The molecule has 54 valence electrons. The van der Waals surface area contributed by atoms with Gasteiger partial charge in [-0.25, -0.2) is 0 Å². The molecule has 0 unspecified atom stereocenters. The molecule has 0 saturated heterocycles. The van der Waals surface area contributed by atoms with E-state index in [2.05, 4.69) is 0 Å². The molecule has 0 fully saturated rings. The van der Waals surface area contributed by atoms with Crippen molar-refractivity contribution >= 4 is 23.2 Å². The van der Waals surface area contributed by atoms with Crippen molar-refractivity contribution in [2.24, 2.45) is 0 Å². The van der Waals surface area contributed by atoms with Crippen molar-refractivity contribution in [1.29, 1.82) is 0 Å². The summed E-state index contributed by atoms with van der Waals surface area (Å²) >= 11 is 11.4. The molecule has 1 aromatic carbocycles. The van der Waals surface area contributed by atoms with Crippen molar-refractivity contribution in [3.05, 3.63) is 35.9 Å². The van der Waals surface area contributed by atoms with Crippen LogP contribution in [0.3, 0.4) is 0 Å². The molecule has 1 aromatic rings. The average Bonchev–Trinajstić information content (AvgIpc) is 2.05. The van der Waals surface area contributed by atoms with Crippen LogP contribution in [0.15, 0.2) is 30.3 Å². The first-order valence-corrected chi connectivity index (χ1v) is 4.06. The molecule has 0 aliphatic heterocycles. The fourth-order valence-electron chi connectivity index (χ4n) is 0.751. The van der Waals surface area contributed by atoms with E-state index in [1.807, 2.05) is 30.3 Å². The van der Waals surface area contributed by atoms with E-state index in [0.717, 1.165) is 5.56 Å². The summed E-state index contributed by atoms with van der Waals surface area (Å²) in [6.45, 7) is 0. The number of hydrogen-bond acceptors (Lipinski definition) is 0. The normalized spacial score (nSPS) is 13.0. The van der Waals surface area contributed by atoms with Crippen LogP contribution in [-0.2, 0) is 0 Å². The molecular formula is C8H8Cl2. The maximum atomic E-state index is 5.86. The van der Waals surface area contributed by atoms with Gasteiger partial charge in [0.05, 0.1) is 5.38 Å². The Kier molecular flexibility index (Phi) is 3.04. The van der Waals surface area contributed by atoms with Gasteiger partial charge >= 0.3 is 0 Å². The van der Waals surface area contributed by atoms with Crippen LogP contribution in [0.5, 0.6) is 0 Å². The summed E-state index contributed by atoms with van der Waals surface area (Å²) in [7, 11) is 0. The van der Waals surface area contributed by atoms with Crippen molar-refractivity contribution in [2.45, 2.75) is 5.38 Å². The minimum atomic E-state index is -0.0529. The Morgan fingerprint density at radius 1 is 1.20 bits per heavy atom. The van der Waals surface area contributed by atoms with Crippen LogP contribution in [0.2, 0.25) is 0 Å². The second-order valence-corrected chi connectivity index (χ2v) is 2.87. The Bertz CT molecular complexity index is 184. The Balaban J connectivity index is 2.75. The minimum Gasteiger partial charge on any atom is -0.125 e. The summed E-state index contributed by atoms with van der Waals surface area (Å²) < 4.78 is 0. The molecule has 2 heteroatoms. The quantitative estimate of drug-likeness (QED) is 0.605. The summed E-state index contributed by atoms with van der Waals surface area (Å²) in [5.41, 5.74) is 1.08. The van der Waals surface area contributed by atoms with Gasteiger partial charge in [-0.1, -0.05) is 30.3 Å². The number of rotatable bonds is 2. The molecule has 0 spiro atoms. The molecule has 0 aromatic heterocycles. The maximum absolute atomic E-state index is 5.86. The zero-order chi connectivity index (χ0) is 7.40.